The van der Waals surface area contributed by atoms with Gasteiger partial charge in [-0.1, -0.05) is 55.5 Å². The van der Waals surface area contributed by atoms with E-state index >= 15 is 0 Å². The lowest BCUT2D eigenvalue weighted by Gasteiger charge is -2.34. The molecule has 0 aliphatic carbocycles. The second-order valence-corrected chi connectivity index (χ2v) is 7.80. The predicted molar refractivity (Wildman–Crippen MR) is 118 cm³/mol. The molecule has 2 aromatic carbocycles. The highest BCUT2D eigenvalue weighted by atomic mass is 32.1. The highest BCUT2D eigenvalue weighted by molar-refractivity contribution is 7.09. The molecule has 0 radical (unpaired) electrons. The highest BCUT2D eigenvalue weighted by Crippen LogP contribution is 2.21. The van der Waals surface area contributed by atoms with Crippen LogP contribution in [0, 0.1) is 0 Å². The zero-order valence-corrected chi connectivity index (χ0v) is 17.4. The van der Waals surface area contributed by atoms with Crippen molar-refractivity contribution in [3.8, 4) is 0 Å². The maximum atomic E-state index is 12.7. The Morgan fingerprint density at radius 1 is 1.03 bits per heavy atom. The number of benzene rings is 2. The smallest absolute Gasteiger partial charge is 0.321 e. The summed E-state index contributed by atoms with van der Waals surface area (Å²) in [5.74, 6) is 0.854. The molecule has 1 aromatic heterocycles. The molecule has 1 N–H and O–H groups in total. The maximum absolute atomic E-state index is 12.7. The van der Waals surface area contributed by atoms with E-state index in [4.69, 9.17) is 4.98 Å². The van der Waals surface area contributed by atoms with E-state index in [1.54, 1.807) is 0 Å². The molecule has 150 valence electrons. The lowest BCUT2D eigenvalue weighted by Crippen LogP contribution is -2.50. The van der Waals surface area contributed by atoms with Gasteiger partial charge in [0.25, 0.3) is 0 Å². The Kier molecular flexibility index (Phi) is 6.05. The number of urea groups is 1. The van der Waals surface area contributed by atoms with Crippen LogP contribution in [0.1, 0.15) is 23.9 Å². The summed E-state index contributed by atoms with van der Waals surface area (Å²) in [5.41, 5.74) is 3.27. The average molecular weight is 408 g/mol. The molecule has 7 heteroatoms. The summed E-state index contributed by atoms with van der Waals surface area (Å²) in [6, 6.07) is 18.2. The van der Waals surface area contributed by atoms with Crippen LogP contribution in [0.5, 0.6) is 0 Å². The predicted octanol–water partition coefficient (Wildman–Crippen LogP) is 4.05. The number of aryl methyl sites for hydroxylation is 1. The van der Waals surface area contributed by atoms with Crippen LogP contribution in [0.4, 0.5) is 15.6 Å². The molecule has 1 saturated heterocycles. The van der Waals surface area contributed by atoms with Gasteiger partial charge in [0, 0.05) is 49.8 Å². The van der Waals surface area contributed by atoms with Gasteiger partial charge in [-0.25, -0.2) is 9.78 Å². The number of hydrogen-bond donors (Lipinski definition) is 1. The molecule has 0 atom stereocenters. The standard InChI is InChI=1S/C22H25N5OS/c1-2-18-10-6-7-11-19(18)23-21(28)26-12-14-27(15-13-26)22-24-20(25-29-22)16-17-8-4-3-5-9-17/h3-11H,2,12-16H2,1H3,(H,23,28). The van der Waals surface area contributed by atoms with Crippen LogP contribution in [0.25, 0.3) is 0 Å². The van der Waals surface area contributed by atoms with Crippen molar-refractivity contribution in [2.24, 2.45) is 0 Å². The molecular formula is C22H25N5OS. The van der Waals surface area contributed by atoms with Crippen LogP contribution in [0.15, 0.2) is 54.6 Å². The Morgan fingerprint density at radius 3 is 2.52 bits per heavy atom. The van der Waals surface area contributed by atoms with Gasteiger partial charge in [-0.2, -0.15) is 4.37 Å². The van der Waals surface area contributed by atoms with E-state index in [1.807, 2.05) is 41.3 Å². The van der Waals surface area contributed by atoms with Crippen LogP contribution in [0.3, 0.4) is 0 Å². The SMILES string of the molecule is CCc1ccccc1NC(=O)N1CCN(c2nc(Cc3ccccc3)ns2)CC1. The van der Waals surface area contributed by atoms with Crippen LogP contribution in [-0.2, 0) is 12.8 Å². The first kappa shape index (κ1) is 19.4. The van der Waals surface area contributed by atoms with Gasteiger partial charge >= 0.3 is 6.03 Å². The van der Waals surface area contributed by atoms with Crippen LogP contribution in [-0.4, -0.2) is 46.5 Å². The zero-order valence-electron chi connectivity index (χ0n) is 16.5. The first-order chi connectivity index (χ1) is 14.2. The minimum absolute atomic E-state index is 0.0346. The number of amides is 2. The van der Waals surface area contributed by atoms with Crippen molar-refractivity contribution >= 4 is 28.4 Å². The van der Waals surface area contributed by atoms with Gasteiger partial charge in [0.2, 0.25) is 5.13 Å². The number of nitrogens with zero attached hydrogens (tertiary/aromatic N) is 4. The average Bonchev–Trinajstić information content (AvgIpc) is 3.23. The second-order valence-electron chi connectivity index (χ2n) is 7.07. The third kappa shape index (κ3) is 4.74. The molecule has 0 unspecified atom stereocenters. The molecule has 3 aromatic rings. The quantitative estimate of drug-likeness (QED) is 0.693. The van der Waals surface area contributed by atoms with Crippen molar-refractivity contribution in [2.45, 2.75) is 19.8 Å². The monoisotopic (exact) mass is 407 g/mol. The lowest BCUT2D eigenvalue weighted by molar-refractivity contribution is 0.208. The summed E-state index contributed by atoms with van der Waals surface area (Å²) >= 11 is 1.44. The number of hydrogen-bond acceptors (Lipinski definition) is 5. The molecule has 1 aliphatic heterocycles. The number of carbonyl (C=O) groups is 1. The fourth-order valence-corrected chi connectivity index (χ4v) is 4.21. The molecule has 1 fully saturated rings. The van der Waals surface area contributed by atoms with Crippen LogP contribution in [0.2, 0.25) is 0 Å². The Morgan fingerprint density at radius 2 is 1.76 bits per heavy atom. The Labute approximate surface area is 175 Å². The zero-order chi connectivity index (χ0) is 20.1. The fourth-order valence-electron chi connectivity index (χ4n) is 3.47. The fraction of sp³-hybridized carbons (Fsp3) is 0.318. The van der Waals surface area contributed by atoms with E-state index in [0.717, 1.165) is 48.1 Å². The minimum atomic E-state index is -0.0346. The van der Waals surface area contributed by atoms with E-state index < -0.39 is 0 Å². The van der Waals surface area contributed by atoms with E-state index in [-0.39, 0.29) is 6.03 Å². The van der Waals surface area contributed by atoms with Crippen LogP contribution >= 0.6 is 11.5 Å². The number of carbonyl (C=O) groups excluding carboxylic acids is 1. The normalized spacial score (nSPS) is 14.1. The van der Waals surface area contributed by atoms with E-state index in [1.165, 1.54) is 17.1 Å². The molecule has 29 heavy (non-hydrogen) atoms. The number of rotatable bonds is 5. The van der Waals surface area contributed by atoms with Gasteiger partial charge < -0.3 is 15.1 Å². The van der Waals surface area contributed by atoms with E-state index in [0.29, 0.717) is 13.1 Å². The topological polar surface area (TPSA) is 61.4 Å². The number of aromatic nitrogens is 2. The molecule has 0 spiro atoms. The number of piperazine rings is 1. The summed E-state index contributed by atoms with van der Waals surface area (Å²) in [7, 11) is 0. The van der Waals surface area contributed by atoms with Gasteiger partial charge in [0.1, 0.15) is 5.82 Å². The van der Waals surface area contributed by atoms with E-state index in [9.17, 15) is 4.79 Å². The van der Waals surface area contributed by atoms with Gasteiger partial charge in [0.15, 0.2) is 0 Å². The van der Waals surface area contributed by atoms with Crippen molar-refractivity contribution in [1.82, 2.24) is 14.3 Å². The molecule has 6 nitrogen and oxygen atoms in total. The maximum Gasteiger partial charge on any atom is 0.321 e. The third-order valence-electron chi connectivity index (χ3n) is 5.14. The molecule has 0 saturated carbocycles. The largest absolute Gasteiger partial charge is 0.343 e. The molecule has 4 rings (SSSR count). The second kappa shape index (κ2) is 9.05. The Hall–Kier alpha value is -2.93. The number of nitrogens with one attached hydrogen (secondary N) is 1. The van der Waals surface area contributed by atoms with Crippen molar-refractivity contribution in [3.05, 3.63) is 71.5 Å². The molecule has 2 heterocycles. The first-order valence-corrected chi connectivity index (χ1v) is 10.8. The summed E-state index contributed by atoms with van der Waals surface area (Å²) in [4.78, 5) is 21.4. The van der Waals surface area contributed by atoms with Gasteiger partial charge in [-0.05, 0) is 23.6 Å². The molecular weight excluding hydrogens is 382 g/mol. The Balaban J connectivity index is 1.32. The number of anilines is 2. The lowest BCUT2D eigenvalue weighted by atomic mass is 10.1. The summed E-state index contributed by atoms with van der Waals surface area (Å²) in [5, 5.41) is 4.00. The Bertz CT molecular complexity index is 951. The highest BCUT2D eigenvalue weighted by Gasteiger charge is 2.23. The number of para-hydroxylation sites is 1. The summed E-state index contributed by atoms with van der Waals surface area (Å²) in [6.45, 7) is 4.98. The summed E-state index contributed by atoms with van der Waals surface area (Å²) in [6.07, 6.45) is 1.64. The van der Waals surface area contributed by atoms with Gasteiger partial charge in [-0.15, -0.1) is 0 Å². The van der Waals surface area contributed by atoms with Crippen molar-refractivity contribution in [1.29, 1.82) is 0 Å². The van der Waals surface area contributed by atoms with Crippen LogP contribution < -0.4 is 10.2 Å². The van der Waals surface area contributed by atoms with Crippen molar-refractivity contribution in [2.75, 3.05) is 36.4 Å². The molecule has 0 bridgehead atoms. The molecule has 1 aliphatic rings. The van der Waals surface area contributed by atoms with Gasteiger partial charge in [-0.3, -0.25) is 0 Å². The van der Waals surface area contributed by atoms with Crippen molar-refractivity contribution in [3.63, 3.8) is 0 Å². The van der Waals surface area contributed by atoms with Gasteiger partial charge in [0.05, 0.1) is 0 Å². The van der Waals surface area contributed by atoms with Crippen molar-refractivity contribution < 1.29 is 4.79 Å². The van der Waals surface area contributed by atoms with E-state index in [2.05, 4.69) is 39.7 Å². The third-order valence-corrected chi connectivity index (χ3v) is 5.95. The summed E-state index contributed by atoms with van der Waals surface area (Å²) < 4.78 is 4.51. The molecule has 2 amide bonds. The minimum Gasteiger partial charge on any atom is -0.343 e. The first-order valence-electron chi connectivity index (χ1n) is 9.98.